The largest absolute Gasteiger partial charge is 0.507 e. The third-order valence-corrected chi connectivity index (χ3v) is 5.77. The first-order valence-corrected chi connectivity index (χ1v) is 10.6. The summed E-state index contributed by atoms with van der Waals surface area (Å²) in [5.74, 6) is -2.15. The van der Waals surface area contributed by atoms with Crippen molar-refractivity contribution >= 4 is 23.5 Å². The van der Waals surface area contributed by atoms with Crippen LogP contribution in [0.4, 0.5) is 5.69 Å². The van der Waals surface area contributed by atoms with Crippen LogP contribution in [0, 0.1) is 13.8 Å². The molecule has 0 aromatic heterocycles. The van der Waals surface area contributed by atoms with Crippen molar-refractivity contribution in [2.24, 2.45) is 0 Å². The summed E-state index contributed by atoms with van der Waals surface area (Å²) >= 11 is 0. The van der Waals surface area contributed by atoms with E-state index in [0.717, 1.165) is 25.7 Å². The van der Waals surface area contributed by atoms with E-state index in [-0.39, 0.29) is 23.3 Å². The molecule has 0 radical (unpaired) electrons. The lowest BCUT2D eigenvalue weighted by molar-refractivity contribution is -0.147. The summed E-state index contributed by atoms with van der Waals surface area (Å²) in [5, 5.41) is 21.4. The minimum absolute atomic E-state index is 0.106. The van der Waals surface area contributed by atoms with E-state index in [1.165, 1.54) is 18.6 Å². The van der Waals surface area contributed by atoms with Gasteiger partial charge in [0, 0.05) is 18.8 Å². The first kappa shape index (κ1) is 23.1. The summed E-state index contributed by atoms with van der Waals surface area (Å²) in [7, 11) is 1.77. The lowest BCUT2D eigenvalue weighted by Gasteiger charge is -2.31. The molecule has 8 heteroatoms. The van der Waals surface area contributed by atoms with Gasteiger partial charge < -0.3 is 25.2 Å². The number of ether oxygens (including phenoxy) is 1. The molecule has 0 unspecified atom stereocenters. The number of aromatic hydroxyl groups is 1. The Morgan fingerprint density at radius 2 is 1.66 bits per heavy atom. The van der Waals surface area contributed by atoms with Crippen molar-refractivity contribution in [1.29, 1.82) is 0 Å². The van der Waals surface area contributed by atoms with Crippen LogP contribution in [0.3, 0.4) is 0 Å². The van der Waals surface area contributed by atoms with Crippen LogP contribution >= 0.6 is 0 Å². The number of benzene rings is 2. The van der Waals surface area contributed by atoms with Crippen molar-refractivity contribution in [2.75, 3.05) is 12.4 Å². The molecule has 2 amide bonds. The van der Waals surface area contributed by atoms with Gasteiger partial charge in [0.2, 0.25) is 0 Å². The predicted molar refractivity (Wildman–Crippen MR) is 119 cm³/mol. The number of nitrogens with zero attached hydrogens (tertiary/aromatic N) is 1. The minimum atomic E-state index is -1.57. The third kappa shape index (κ3) is 5.19. The Morgan fingerprint density at radius 1 is 1.03 bits per heavy atom. The Labute approximate surface area is 186 Å². The van der Waals surface area contributed by atoms with E-state index in [2.05, 4.69) is 5.32 Å². The van der Waals surface area contributed by atoms with Crippen LogP contribution in [0.15, 0.2) is 30.3 Å². The highest BCUT2D eigenvalue weighted by molar-refractivity contribution is 6.36. The maximum Gasteiger partial charge on any atom is 0.394 e. The van der Waals surface area contributed by atoms with Crippen molar-refractivity contribution < 1.29 is 29.3 Å². The lowest BCUT2D eigenvalue weighted by atomic mass is 9.94. The van der Waals surface area contributed by atoms with Crippen molar-refractivity contribution in [1.82, 2.24) is 4.90 Å². The highest BCUT2D eigenvalue weighted by Crippen LogP contribution is 2.34. The molecule has 0 saturated heterocycles. The van der Waals surface area contributed by atoms with E-state index >= 15 is 0 Å². The number of carboxylic acids is 1. The molecule has 1 aliphatic rings. The number of rotatable bonds is 5. The molecule has 0 bridgehead atoms. The first-order chi connectivity index (χ1) is 15.2. The van der Waals surface area contributed by atoms with E-state index < -0.39 is 11.9 Å². The summed E-state index contributed by atoms with van der Waals surface area (Å²) in [6.07, 6.45) is 5.30. The van der Waals surface area contributed by atoms with Crippen LogP contribution in [0.2, 0.25) is 0 Å². The van der Waals surface area contributed by atoms with Crippen LogP contribution in [0.25, 0.3) is 0 Å². The van der Waals surface area contributed by atoms with Gasteiger partial charge in [-0.05, 0) is 68.1 Å². The first-order valence-electron chi connectivity index (χ1n) is 10.6. The Hall–Kier alpha value is -3.55. The number of carbonyl (C=O) groups excluding carboxylic acids is 2. The molecule has 0 aliphatic heterocycles. The fourth-order valence-corrected chi connectivity index (χ4v) is 4.06. The molecule has 2 aromatic rings. The second-order valence-electron chi connectivity index (χ2n) is 8.19. The Morgan fingerprint density at radius 3 is 2.25 bits per heavy atom. The van der Waals surface area contributed by atoms with E-state index in [4.69, 9.17) is 9.84 Å². The van der Waals surface area contributed by atoms with Gasteiger partial charge in [0.05, 0.1) is 5.56 Å². The predicted octanol–water partition coefficient (Wildman–Crippen LogP) is 4.23. The number of nitrogens with one attached hydrogen (secondary N) is 1. The molecule has 0 spiro atoms. The Balaban J connectivity index is 1.82. The molecule has 1 aliphatic carbocycles. The normalized spacial score (nSPS) is 14.0. The number of aliphatic carboxylic acids is 1. The SMILES string of the molecule is Cc1cc(NC(=O)C(=O)O)cc(C)c1Oc1ccc(O)c(C(=O)N(C)C2CCCCC2)c1. The molecule has 8 nitrogen and oxygen atoms in total. The Bertz CT molecular complexity index is 1020. The van der Waals surface area contributed by atoms with Crippen molar-refractivity contribution in [3.05, 3.63) is 47.0 Å². The molecular formula is C24H28N2O6. The third-order valence-electron chi connectivity index (χ3n) is 5.77. The highest BCUT2D eigenvalue weighted by atomic mass is 16.5. The Kier molecular flexibility index (Phi) is 7.02. The molecule has 170 valence electrons. The molecule has 3 rings (SSSR count). The number of phenols is 1. The maximum absolute atomic E-state index is 13.0. The summed E-state index contributed by atoms with van der Waals surface area (Å²) in [6.45, 7) is 3.53. The van der Waals surface area contributed by atoms with Crippen molar-refractivity contribution in [3.8, 4) is 17.2 Å². The zero-order valence-corrected chi connectivity index (χ0v) is 18.5. The van der Waals surface area contributed by atoms with Crippen LogP contribution < -0.4 is 10.1 Å². The van der Waals surface area contributed by atoms with Gasteiger partial charge in [-0.15, -0.1) is 0 Å². The molecule has 3 N–H and O–H groups in total. The van der Waals surface area contributed by atoms with Gasteiger partial charge in [0.15, 0.2) is 0 Å². The topological polar surface area (TPSA) is 116 Å². The number of hydrogen-bond donors (Lipinski definition) is 3. The van der Waals surface area contributed by atoms with Gasteiger partial charge in [0.1, 0.15) is 17.2 Å². The van der Waals surface area contributed by atoms with Crippen molar-refractivity contribution in [2.45, 2.75) is 52.0 Å². The number of carbonyl (C=O) groups is 3. The molecular weight excluding hydrogens is 412 g/mol. The van der Waals surface area contributed by atoms with Crippen LogP contribution in [-0.2, 0) is 9.59 Å². The van der Waals surface area contributed by atoms with Gasteiger partial charge in [0.25, 0.3) is 5.91 Å². The molecule has 32 heavy (non-hydrogen) atoms. The number of phenolic OH excluding ortho intramolecular Hbond substituents is 1. The van der Waals surface area contributed by atoms with Gasteiger partial charge >= 0.3 is 11.9 Å². The van der Waals surface area contributed by atoms with Crippen LogP contribution in [-0.4, -0.2) is 46.0 Å². The number of amides is 2. The monoisotopic (exact) mass is 440 g/mol. The quantitative estimate of drug-likeness (QED) is 0.599. The van der Waals surface area contributed by atoms with Gasteiger partial charge in [-0.3, -0.25) is 9.59 Å². The number of aryl methyl sites for hydroxylation is 2. The summed E-state index contributed by atoms with van der Waals surface area (Å²) in [4.78, 5) is 36.9. The standard InChI is InChI=1S/C24H28N2O6/c1-14-11-16(25-22(28)24(30)31)12-15(2)21(14)32-18-9-10-20(27)19(13-18)23(29)26(3)17-7-5-4-6-8-17/h9-13,17,27H,4-8H2,1-3H3,(H,25,28)(H,30,31). The van der Waals surface area contributed by atoms with E-state index in [0.29, 0.717) is 28.3 Å². The summed E-state index contributed by atoms with van der Waals surface area (Å²) in [6, 6.07) is 7.91. The fourth-order valence-electron chi connectivity index (χ4n) is 4.06. The molecule has 1 saturated carbocycles. The van der Waals surface area contributed by atoms with E-state index in [1.807, 2.05) is 0 Å². The highest BCUT2D eigenvalue weighted by Gasteiger charge is 2.25. The zero-order valence-electron chi connectivity index (χ0n) is 18.5. The lowest BCUT2D eigenvalue weighted by Crippen LogP contribution is -2.38. The van der Waals surface area contributed by atoms with E-state index in [1.54, 1.807) is 44.0 Å². The number of anilines is 1. The summed E-state index contributed by atoms with van der Waals surface area (Å²) in [5.41, 5.74) is 1.86. The van der Waals surface area contributed by atoms with Gasteiger partial charge in [-0.2, -0.15) is 0 Å². The smallest absolute Gasteiger partial charge is 0.394 e. The van der Waals surface area contributed by atoms with Crippen LogP contribution in [0.5, 0.6) is 17.2 Å². The van der Waals surface area contributed by atoms with Crippen molar-refractivity contribution in [3.63, 3.8) is 0 Å². The number of carboxylic acid groups (broad SMARTS) is 1. The summed E-state index contributed by atoms with van der Waals surface area (Å²) < 4.78 is 6.01. The van der Waals surface area contributed by atoms with Gasteiger partial charge in [-0.1, -0.05) is 19.3 Å². The maximum atomic E-state index is 13.0. The number of hydrogen-bond acceptors (Lipinski definition) is 5. The zero-order chi connectivity index (χ0) is 23.4. The molecule has 0 atom stereocenters. The fraction of sp³-hybridized carbons (Fsp3) is 0.375. The minimum Gasteiger partial charge on any atom is -0.507 e. The second-order valence-corrected chi connectivity index (χ2v) is 8.19. The average Bonchev–Trinajstić information content (AvgIpc) is 2.76. The van der Waals surface area contributed by atoms with Crippen LogP contribution in [0.1, 0.15) is 53.6 Å². The van der Waals surface area contributed by atoms with E-state index in [9.17, 15) is 19.5 Å². The molecule has 2 aromatic carbocycles. The molecule has 1 fully saturated rings. The second kappa shape index (κ2) is 9.72. The molecule has 0 heterocycles. The average molecular weight is 440 g/mol. The van der Waals surface area contributed by atoms with Gasteiger partial charge in [-0.25, -0.2) is 4.79 Å².